The summed E-state index contributed by atoms with van der Waals surface area (Å²) >= 11 is 12.3. The topological polar surface area (TPSA) is 21.3 Å². The molecule has 1 aliphatic rings. The summed E-state index contributed by atoms with van der Waals surface area (Å²) < 4.78 is 5.67. The van der Waals surface area contributed by atoms with Crippen molar-refractivity contribution in [1.29, 1.82) is 0 Å². The van der Waals surface area contributed by atoms with Crippen LogP contribution < -0.4 is 5.32 Å². The molecule has 1 saturated carbocycles. The van der Waals surface area contributed by atoms with Crippen LogP contribution in [-0.2, 0) is 4.74 Å². The van der Waals surface area contributed by atoms with Crippen molar-refractivity contribution < 1.29 is 4.74 Å². The van der Waals surface area contributed by atoms with E-state index in [4.69, 9.17) is 27.9 Å². The van der Waals surface area contributed by atoms with E-state index in [0.29, 0.717) is 16.0 Å². The second-order valence-electron chi connectivity index (χ2n) is 4.74. The molecule has 4 heteroatoms. The van der Waals surface area contributed by atoms with Gasteiger partial charge in [-0.25, -0.2) is 0 Å². The summed E-state index contributed by atoms with van der Waals surface area (Å²) in [5.74, 6) is 0.644. The quantitative estimate of drug-likeness (QED) is 0.852. The van der Waals surface area contributed by atoms with Gasteiger partial charge in [-0.2, -0.15) is 0 Å². The second-order valence-corrected chi connectivity index (χ2v) is 5.58. The predicted molar refractivity (Wildman–Crippen MR) is 76.4 cm³/mol. The van der Waals surface area contributed by atoms with E-state index in [1.165, 1.54) is 12.8 Å². The molecular weight excluding hydrogens is 269 g/mol. The van der Waals surface area contributed by atoms with Gasteiger partial charge in [-0.05, 0) is 43.0 Å². The molecule has 2 atom stereocenters. The van der Waals surface area contributed by atoms with Crippen LogP contribution in [0, 0.1) is 5.92 Å². The lowest BCUT2D eigenvalue weighted by molar-refractivity contribution is 0.0512. The first-order chi connectivity index (χ1) is 8.67. The smallest absolute Gasteiger partial charge is 0.0794 e. The van der Waals surface area contributed by atoms with Gasteiger partial charge < -0.3 is 10.1 Å². The van der Waals surface area contributed by atoms with Crippen LogP contribution in [0.4, 0.5) is 0 Å². The van der Waals surface area contributed by atoms with Crippen LogP contribution in [0.25, 0.3) is 0 Å². The average Bonchev–Trinajstić information content (AvgIpc) is 3.14. The maximum absolute atomic E-state index is 6.31. The highest BCUT2D eigenvalue weighted by Crippen LogP contribution is 2.41. The highest BCUT2D eigenvalue weighted by Gasteiger charge is 2.37. The molecule has 1 fully saturated rings. The van der Waals surface area contributed by atoms with Gasteiger partial charge in [-0.1, -0.05) is 36.2 Å². The van der Waals surface area contributed by atoms with Gasteiger partial charge in [0.15, 0.2) is 0 Å². The molecular formula is C14H19Cl2NO. The monoisotopic (exact) mass is 287 g/mol. The van der Waals surface area contributed by atoms with Gasteiger partial charge in [0.25, 0.3) is 0 Å². The largest absolute Gasteiger partial charge is 0.379 e. The lowest BCUT2D eigenvalue weighted by Crippen LogP contribution is -2.34. The molecule has 1 aromatic rings. The minimum atomic E-state index is 0.136. The number of nitrogens with one attached hydrogen (secondary N) is 1. The van der Waals surface area contributed by atoms with Gasteiger partial charge in [0.2, 0.25) is 0 Å². The number of hydrogen-bond acceptors (Lipinski definition) is 2. The Labute approximate surface area is 119 Å². The first kappa shape index (κ1) is 14.1. The molecule has 0 saturated heterocycles. The van der Waals surface area contributed by atoms with E-state index in [9.17, 15) is 0 Å². The molecule has 1 N–H and O–H groups in total. The molecule has 0 aromatic heterocycles. The molecule has 1 aliphatic carbocycles. The van der Waals surface area contributed by atoms with E-state index in [2.05, 4.69) is 12.2 Å². The van der Waals surface area contributed by atoms with E-state index in [-0.39, 0.29) is 12.1 Å². The molecule has 1 aromatic carbocycles. The predicted octanol–water partition coefficient (Wildman–Crippen LogP) is 4.07. The molecule has 0 spiro atoms. The van der Waals surface area contributed by atoms with E-state index in [1.54, 1.807) is 13.2 Å². The number of rotatable bonds is 6. The third-order valence-corrected chi connectivity index (χ3v) is 3.97. The number of ether oxygens (including phenoxy) is 1. The van der Waals surface area contributed by atoms with Gasteiger partial charge in [0.1, 0.15) is 0 Å². The third-order valence-electron chi connectivity index (χ3n) is 3.41. The van der Waals surface area contributed by atoms with Gasteiger partial charge in [0.05, 0.1) is 12.1 Å². The van der Waals surface area contributed by atoms with E-state index < -0.39 is 0 Å². The summed E-state index contributed by atoms with van der Waals surface area (Å²) in [6.07, 6.45) is 2.67. The SMILES string of the molecule is CCNC(c1ccc(Cl)cc1Cl)C(OC)C1CC1. The number of hydrogen-bond donors (Lipinski definition) is 1. The van der Waals surface area contributed by atoms with Crippen molar-refractivity contribution in [3.63, 3.8) is 0 Å². The fourth-order valence-corrected chi connectivity index (χ4v) is 2.93. The molecule has 0 radical (unpaired) electrons. The summed E-state index contributed by atoms with van der Waals surface area (Å²) in [5, 5.41) is 4.85. The molecule has 0 aliphatic heterocycles. The van der Waals surface area contributed by atoms with Crippen molar-refractivity contribution in [2.75, 3.05) is 13.7 Å². The zero-order valence-electron chi connectivity index (χ0n) is 10.7. The Bertz CT molecular complexity index is 407. The lowest BCUT2D eigenvalue weighted by atomic mass is 9.98. The molecule has 2 unspecified atom stereocenters. The van der Waals surface area contributed by atoms with Crippen LogP contribution in [-0.4, -0.2) is 19.8 Å². The summed E-state index contributed by atoms with van der Waals surface area (Å²) in [4.78, 5) is 0. The first-order valence-corrected chi connectivity index (χ1v) is 7.14. The van der Waals surface area contributed by atoms with Crippen molar-refractivity contribution in [2.45, 2.75) is 31.9 Å². The zero-order chi connectivity index (χ0) is 13.1. The highest BCUT2D eigenvalue weighted by atomic mass is 35.5. The van der Waals surface area contributed by atoms with Gasteiger partial charge in [-0.15, -0.1) is 0 Å². The number of likely N-dealkylation sites (N-methyl/N-ethyl adjacent to an activating group) is 1. The Morgan fingerprint density at radius 3 is 2.61 bits per heavy atom. The van der Waals surface area contributed by atoms with E-state index >= 15 is 0 Å². The fourth-order valence-electron chi connectivity index (χ4n) is 2.40. The van der Waals surface area contributed by atoms with Crippen LogP contribution in [0.5, 0.6) is 0 Å². The maximum atomic E-state index is 6.31. The van der Waals surface area contributed by atoms with Gasteiger partial charge in [0, 0.05) is 17.2 Å². The van der Waals surface area contributed by atoms with Gasteiger partial charge >= 0.3 is 0 Å². The van der Waals surface area contributed by atoms with Crippen LogP contribution in [0.15, 0.2) is 18.2 Å². The van der Waals surface area contributed by atoms with E-state index in [0.717, 1.165) is 12.1 Å². The summed E-state index contributed by atoms with van der Waals surface area (Å²) in [5.41, 5.74) is 1.07. The van der Waals surface area contributed by atoms with Crippen molar-refractivity contribution in [1.82, 2.24) is 5.32 Å². The Morgan fingerprint density at radius 1 is 1.39 bits per heavy atom. The summed E-state index contributed by atoms with van der Waals surface area (Å²) in [6.45, 7) is 2.98. The molecule has 0 amide bonds. The minimum absolute atomic E-state index is 0.136. The van der Waals surface area contributed by atoms with Crippen LogP contribution >= 0.6 is 23.2 Å². The Hall–Kier alpha value is -0.280. The molecule has 100 valence electrons. The number of benzene rings is 1. The minimum Gasteiger partial charge on any atom is -0.379 e. The summed E-state index contributed by atoms with van der Waals surface area (Å²) in [7, 11) is 1.77. The highest BCUT2D eigenvalue weighted by molar-refractivity contribution is 6.35. The fraction of sp³-hybridized carbons (Fsp3) is 0.571. The standard InChI is InChI=1S/C14H19Cl2NO/c1-3-17-13(14(18-2)9-4-5-9)11-7-6-10(15)8-12(11)16/h6-9,13-14,17H,3-5H2,1-2H3. The Kier molecular flexibility index (Phi) is 4.91. The molecule has 2 nitrogen and oxygen atoms in total. The lowest BCUT2D eigenvalue weighted by Gasteiger charge is -2.28. The molecule has 0 bridgehead atoms. The van der Waals surface area contributed by atoms with Gasteiger partial charge in [-0.3, -0.25) is 0 Å². The number of methoxy groups -OCH3 is 1. The normalized spacial score (nSPS) is 18.7. The first-order valence-electron chi connectivity index (χ1n) is 6.38. The number of halogens is 2. The van der Waals surface area contributed by atoms with Crippen LogP contribution in [0.1, 0.15) is 31.4 Å². The Balaban J connectivity index is 2.27. The van der Waals surface area contributed by atoms with Crippen LogP contribution in [0.3, 0.4) is 0 Å². The van der Waals surface area contributed by atoms with Crippen LogP contribution in [0.2, 0.25) is 10.0 Å². The zero-order valence-corrected chi connectivity index (χ0v) is 12.3. The second kappa shape index (κ2) is 6.25. The van der Waals surface area contributed by atoms with Crippen molar-refractivity contribution >= 4 is 23.2 Å². The summed E-state index contributed by atoms with van der Waals surface area (Å²) in [6, 6.07) is 5.80. The molecule has 0 heterocycles. The van der Waals surface area contributed by atoms with E-state index in [1.807, 2.05) is 12.1 Å². The molecule has 2 rings (SSSR count). The van der Waals surface area contributed by atoms with Crippen molar-refractivity contribution in [3.05, 3.63) is 33.8 Å². The molecule has 18 heavy (non-hydrogen) atoms. The van der Waals surface area contributed by atoms with Crippen molar-refractivity contribution in [3.8, 4) is 0 Å². The van der Waals surface area contributed by atoms with Crippen molar-refractivity contribution in [2.24, 2.45) is 5.92 Å². The third kappa shape index (κ3) is 3.18. The Morgan fingerprint density at radius 2 is 2.11 bits per heavy atom. The average molecular weight is 288 g/mol. The maximum Gasteiger partial charge on any atom is 0.0794 e.